The number of amides is 1. The monoisotopic (exact) mass is 699 g/mol. The molecule has 0 aliphatic carbocycles. The lowest BCUT2D eigenvalue weighted by molar-refractivity contribution is -0.133. The molecule has 252 valence electrons. The third-order valence-electron chi connectivity index (χ3n) is 10.3. The molecule has 4 fully saturated rings. The Morgan fingerprint density at radius 3 is 2.85 bits per heavy atom. The minimum atomic E-state index is -0.948. The van der Waals surface area contributed by atoms with E-state index in [1.165, 1.54) is 18.2 Å². The summed E-state index contributed by atoms with van der Waals surface area (Å²) in [6, 6.07) is 4.19. The van der Waals surface area contributed by atoms with Gasteiger partial charge in [-0.05, 0) is 50.1 Å². The maximum atomic E-state index is 17.0. The molecule has 3 atom stereocenters. The van der Waals surface area contributed by atoms with Crippen molar-refractivity contribution in [3.63, 3.8) is 0 Å². The molecule has 4 aromatic rings. The van der Waals surface area contributed by atoms with E-state index in [4.69, 9.17) is 31.8 Å². The van der Waals surface area contributed by atoms with Gasteiger partial charge in [0.1, 0.15) is 29.9 Å². The van der Waals surface area contributed by atoms with Crippen LogP contribution in [0.2, 0.25) is 5.02 Å². The fourth-order valence-corrected chi connectivity index (χ4v) is 9.16. The summed E-state index contributed by atoms with van der Waals surface area (Å²) in [7, 11) is 0. The first-order valence-electron chi connectivity index (χ1n) is 15.9. The van der Waals surface area contributed by atoms with Gasteiger partial charge in [0, 0.05) is 55.7 Å². The van der Waals surface area contributed by atoms with Gasteiger partial charge >= 0.3 is 6.01 Å². The van der Waals surface area contributed by atoms with Gasteiger partial charge < -0.3 is 25.0 Å². The molecule has 1 amide bonds. The largest absolute Gasteiger partial charge is 0.461 e. The van der Waals surface area contributed by atoms with Crippen molar-refractivity contribution in [1.29, 1.82) is 0 Å². The predicted molar refractivity (Wildman–Crippen MR) is 178 cm³/mol. The summed E-state index contributed by atoms with van der Waals surface area (Å²) < 4.78 is 58.4. The number of carbonyl (C=O) groups is 1. The van der Waals surface area contributed by atoms with Gasteiger partial charge in [-0.2, -0.15) is 9.97 Å². The summed E-state index contributed by atoms with van der Waals surface area (Å²) in [5.41, 5.74) is 5.20. The number of nitrogen functional groups attached to an aromatic ring is 1. The van der Waals surface area contributed by atoms with Gasteiger partial charge in [0.05, 0.1) is 32.9 Å². The molecule has 4 aliphatic heterocycles. The van der Waals surface area contributed by atoms with E-state index < -0.39 is 28.9 Å². The highest BCUT2D eigenvalue weighted by Gasteiger charge is 2.50. The van der Waals surface area contributed by atoms with Crippen molar-refractivity contribution in [1.82, 2.24) is 24.8 Å². The first-order chi connectivity index (χ1) is 23.1. The molecule has 0 radical (unpaired) electrons. The van der Waals surface area contributed by atoms with Crippen LogP contribution in [0.25, 0.3) is 32.2 Å². The number of ether oxygens (including phenoxy) is 2. The number of nitrogens with zero attached hydrogens (tertiary/aromatic N) is 6. The summed E-state index contributed by atoms with van der Waals surface area (Å²) in [6.07, 6.45) is 3.02. The average Bonchev–Trinajstić information content (AvgIpc) is 3.84. The van der Waals surface area contributed by atoms with Crippen molar-refractivity contribution in [2.45, 2.75) is 42.9 Å². The third-order valence-corrected chi connectivity index (χ3v) is 11.5. The number of fused-ring (bicyclic) bond motifs is 3. The van der Waals surface area contributed by atoms with Crippen LogP contribution in [0.3, 0.4) is 0 Å². The predicted octanol–water partition coefficient (Wildman–Crippen LogP) is 5.37. The molecule has 2 aromatic carbocycles. The molecule has 0 unspecified atom stereocenters. The van der Waals surface area contributed by atoms with Gasteiger partial charge in [0.15, 0.2) is 10.9 Å². The van der Waals surface area contributed by atoms with Crippen molar-refractivity contribution in [3.8, 4) is 17.1 Å². The SMILES string of the molecule is C=CC(=O)N1CCN(c2nc(OC[C@@]34CCCN3C[C@H](F)C4)nc3c(F)c(-c4ccc(F)c5sc(N)nc45)c(Cl)cc23)C[C@@]12CCOC2. The maximum absolute atomic E-state index is 17.0. The molecule has 2 N–H and O–H groups in total. The minimum Gasteiger partial charge on any atom is -0.461 e. The summed E-state index contributed by atoms with van der Waals surface area (Å²) in [5, 5.41) is 0.529. The molecule has 4 aliphatic rings. The van der Waals surface area contributed by atoms with Gasteiger partial charge in [-0.25, -0.2) is 18.2 Å². The Labute approximate surface area is 283 Å². The van der Waals surface area contributed by atoms with E-state index in [0.717, 1.165) is 30.7 Å². The average molecular weight is 700 g/mol. The van der Waals surface area contributed by atoms with Crippen molar-refractivity contribution in [3.05, 3.63) is 47.5 Å². The second kappa shape index (κ2) is 11.7. The number of piperazine rings is 1. The molecule has 0 bridgehead atoms. The van der Waals surface area contributed by atoms with E-state index in [9.17, 15) is 13.6 Å². The van der Waals surface area contributed by atoms with Crippen LogP contribution in [0, 0.1) is 11.6 Å². The molecule has 6 heterocycles. The number of rotatable bonds is 6. The van der Waals surface area contributed by atoms with Gasteiger partial charge in [0.25, 0.3) is 0 Å². The number of hydrogen-bond acceptors (Lipinski definition) is 10. The van der Waals surface area contributed by atoms with Crippen LogP contribution >= 0.6 is 22.9 Å². The smallest absolute Gasteiger partial charge is 0.319 e. The molecule has 1 spiro atoms. The second-order valence-electron chi connectivity index (χ2n) is 13.1. The van der Waals surface area contributed by atoms with Gasteiger partial charge in [-0.1, -0.05) is 29.5 Å². The molecule has 10 nitrogen and oxygen atoms in total. The van der Waals surface area contributed by atoms with Crippen molar-refractivity contribution in [2.75, 3.05) is 63.2 Å². The topological polar surface area (TPSA) is 110 Å². The van der Waals surface area contributed by atoms with E-state index in [1.54, 1.807) is 11.0 Å². The van der Waals surface area contributed by atoms with Crippen molar-refractivity contribution >= 4 is 60.9 Å². The summed E-state index contributed by atoms with van der Waals surface area (Å²) >= 11 is 7.81. The Bertz CT molecular complexity index is 1970. The normalized spacial score (nSPS) is 25.9. The van der Waals surface area contributed by atoms with Gasteiger partial charge in [-0.15, -0.1) is 0 Å². The maximum Gasteiger partial charge on any atom is 0.319 e. The molecular formula is C33H33ClF3N7O3S. The minimum absolute atomic E-state index is 0.00578. The standard InChI is InChI=1S/C33H33ClF3N7O3S/c1-2-23(45)44-10-9-42(15-33(44)7-11-46-16-33)29-20-12-21(34)24(19-4-5-22(36)28-27(19)39-30(38)48-28)25(37)26(20)40-31(41-29)47-17-32-6-3-8-43(32)14-18(35)13-32/h2,4-5,12,18H,1,3,6-11,13-17H2,(H2,38,39)/t18-,32+,33-/m1/s1. The first kappa shape index (κ1) is 31.5. The van der Waals surface area contributed by atoms with Crippen LogP contribution in [0.15, 0.2) is 30.9 Å². The highest BCUT2D eigenvalue weighted by Crippen LogP contribution is 2.44. The third kappa shape index (κ3) is 4.98. The van der Waals surface area contributed by atoms with Crippen LogP contribution in [-0.4, -0.2) is 100 Å². The number of carbonyl (C=O) groups excluding carboxylic acids is 1. The zero-order valence-corrected chi connectivity index (χ0v) is 27.6. The van der Waals surface area contributed by atoms with Crippen LogP contribution < -0.4 is 15.4 Å². The fourth-order valence-electron chi connectivity index (χ4n) is 8.10. The van der Waals surface area contributed by atoms with E-state index in [0.29, 0.717) is 63.4 Å². The van der Waals surface area contributed by atoms with Crippen LogP contribution in [0.4, 0.5) is 24.1 Å². The molecule has 4 saturated heterocycles. The summed E-state index contributed by atoms with van der Waals surface area (Å²) in [6.45, 7) is 6.88. The number of aromatic nitrogens is 3. The highest BCUT2D eigenvalue weighted by atomic mass is 35.5. The van der Waals surface area contributed by atoms with E-state index in [-0.39, 0.29) is 55.5 Å². The zero-order chi connectivity index (χ0) is 33.4. The quantitative estimate of drug-likeness (QED) is 0.266. The number of anilines is 2. The van der Waals surface area contributed by atoms with Crippen LogP contribution in [0.1, 0.15) is 25.7 Å². The summed E-state index contributed by atoms with van der Waals surface area (Å²) in [5.74, 6) is -1.08. The molecule has 15 heteroatoms. The molecule has 8 rings (SSSR count). The van der Waals surface area contributed by atoms with Crippen LogP contribution in [-0.2, 0) is 9.53 Å². The van der Waals surface area contributed by atoms with Gasteiger partial charge in [0.2, 0.25) is 5.91 Å². The molecule has 2 aromatic heterocycles. The Balaban J connectivity index is 1.26. The van der Waals surface area contributed by atoms with E-state index >= 15 is 4.39 Å². The number of nitrogens with two attached hydrogens (primary N) is 1. The van der Waals surface area contributed by atoms with E-state index in [1.807, 2.05) is 4.90 Å². The highest BCUT2D eigenvalue weighted by molar-refractivity contribution is 7.22. The Morgan fingerprint density at radius 2 is 2.06 bits per heavy atom. The van der Waals surface area contributed by atoms with Crippen molar-refractivity contribution < 1.29 is 27.4 Å². The Morgan fingerprint density at radius 1 is 1.21 bits per heavy atom. The zero-order valence-electron chi connectivity index (χ0n) is 26.0. The number of halogens is 4. The Kier molecular flexibility index (Phi) is 7.70. The summed E-state index contributed by atoms with van der Waals surface area (Å²) in [4.78, 5) is 32.5. The number of hydrogen-bond donors (Lipinski definition) is 1. The lowest BCUT2D eigenvalue weighted by atomic mass is 9.92. The second-order valence-corrected chi connectivity index (χ2v) is 14.5. The molecule has 48 heavy (non-hydrogen) atoms. The van der Waals surface area contributed by atoms with Crippen LogP contribution in [0.5, 0.6) is 6.01 Å². The molecular weight excluding hydrogens is 667 g/mol. The first-order valence-corrected chi connectivity index (χ1v) is 17.1. The lowest BCUT2D eigenvalue weighted by Gasteiger charge is -2.48. The van der Waals surface area contributed by atoms with E-state index in [2.05, 4.69) is 21.4 Å². The Hall–Kier alpha value is -3.72. The van der Waals surface area contributed by atoms with Gasteiger partial charge in [-0.3, -0.25) is 9.69 Å². The van der Waals surface area contributed by atoms with Crippen molar-refractivity contribution in [2.24, 2.45) is 0 Å². The number of benzene rings is 2. The number of alkyl halides is 1. The number of thiazole rings is 1. The fraction of sp³-hybridized carbons (Fsp3) is 0.455. The lowest BCUT2D eigenvalue weighted by Crippen LogP contribution is -2.64. The molecule has 0 saturated carbocycles.